The number of carbonyl (C=O) groups excluding carboxylic acids is 1. The summed E-state index contributed by atoms with van der Waals surface area (Å²) < 4.78 is 2.04. The summed E-state index contributed by atoms with van der Waals surface area (Å²) in [6, 6.07) is 19.2. The van der Waals surface area contributed by atoms with Crippen LogP contribution < -0.4 is 5.73 Å². The molecule has 35 heavy (non-hydrogen) atoms. The highest BCUT2D eigenvalue weighted by atomic mass is 79.9. The maximum Gasteiger partial charge on any atom is 0.173 e. The van der Waals surface area contributed by atoms with Crippen LogP contribution in [0.5, 0.6) is 0 Å². The van der Waals surface area contributed by atoms with E-state index < -0.39 is 0 Å². The Balaban J connectivity index is 0.000000508. The number of benzene rings is 2. The standard InChI is InChI=1S/C11H7BrN2S.C8H6Br2O.C3H4N2S.C2H6O/c12-9-3-1-8(2-4-9)10-7-15-11(14-10)5-6-13;9-5-8(11)6-1-3-7(10)4-2-6;4-2-1-3(5)6;1-2-3/h1-4,7H,5H2;1-4H,5H2;1H2,(H2,5,6);3H,2H2,1H3. The van der Waals surface area contributed by atoms with Gasteiger partial charge in [-0.1, -0.05) is 84.3 Å². The number of nitriles is 2. The smallest absolute Gasteiger partial charge is 0.173 e. The van der Waals surface area contributed by atoms with Crippen molar-refractivity contribution in [2.24, 2.45) is 5.73 Å². The number of nitrogens with two attached hydrogens (primary N) is 1. The molecule has 0 saturated heterocycles. The van der Waals surface area contributed by atoms with Gasteiger partial charge in [0.2, 0.25) is 0 Å². The Morgan fingerprint density at radius 3 is 2.00 bits per heavy atom. The number of aromatic nitrogens is 1. The van der Waals surface area contributed by atoms with Crippen LogP contribution >= 0.6 is 71.3 Å². The predicted octanol–water partition coefficient (Wildman–Crippen LogP) is 6.85. The first kappa shape index (κ1) is 33.0. The van der Waals surface area contributed by atoms with Crippen molar-refractivity contribution in [2.45, 2.75) is 19.8 Å². The van der Waals surface area contributed by atoms with E-state index in [0.29, 0.717) is 11.8 Å². The summed E-state index contributed by atoms with van der Waals surface area (Å²) in [7, 11) is 0. The molecule has 1 aromatic heterocycles. The molecule has 3 aromatic rings. The number of nitrogens with zero attached hydrogens (tertiary/aromatic N) is 3. The van der Waals surface area contributed by atoms with Gasteiger partial charge in [-0.3, -0.25) is 4.79 Å². The SMILES string of the molecule is CCO.N#CCC(N)=S.N#CCc1nc(-c2ccc(Br)cc2)cs1.O=C(CBr)c1ccc(Br)cc1. The fraction of sp³-hybridized carbons (Fsp3) is 0.208. The zero-order valence-electron chi connectivity index (χ0n) is 18.7. The van der Waals surface area contributed by atoms with Crippen LogP contribution in [0.2, 0.25) is 0 Å². The average molecular weight is 703 g/mol. The van der Waals surface area contributed by atoms with Gasteiger partial charge in [0, 0.05) is 32.1 Å². The maximum atomic E-state index is 11.1. The molecule has 1 heterocycles. The number of ketones is 1. The van der Waals surface area contributed by atoms with E-state index in [2.05, 4.69) is 71.1 Å². The highest BCUT2D eigenvalue weighted by Crippen LogP contribution is 2.23. The minimum absolute atomic E-state index is 0.109. The van der Waals surface area contributed by atoms with Crippen molar-refractivity contribution >= 4 is 82.1 Å². The number of aliphatic hydroxyl groups is 1. The largest absolute Gasteiger partial charge is 0.397 e. The molecule has 0 radical (unpaired) electrons. The second kappa shape index (κ2) is 20.2. The molecule has 184 valence electrons. The molecule has 0 aliphatic heterocycles. The third-order valence-corrected chi connectivity index (χ3v) is 6.02. The fourth-order valence-corrected chi connectivity index (χ4v) is 3.66. The zero-order valence-corrected chi connectivity index (χ0v) is 25.1. The van der Waals surface area contributed by atoms with Crippen molar-refractivity contribution in [1.82, 2.24) is 4.98 Å². The minimum Gasteiger partial charge on any atom is -0.397 e. The molecule has 0 atom stereocenters. The molecule has 3 rings (SSSR count). The van der Waals surface area contributed by atoms with Crippen molar-refractivity contribution in [3.63, 3.8) is 0 Å². The molecule has 6 nitrogen and oxygen atoms in total. The van der Waals surface area contributed by atoms with Gasteiger partial charge in [-0.2, -0.15) is 10.5 Å². The van der Waals surface area contributed by atoms with Crippen molar-refractivity contribution in [1.29, 1.82) is 10.5 Å². The molecule has 3 N–H and O–H groups in total. The Kier molecular flexibility index (Phi) is 19.1. The monoisotopic (exact) mass is 700 g/mol. The zero-order chi connectivity index (χ0) is 26.6. The van der Waals surface area contributed by atoms with Gasteiger partial charge in [0.15, 0.2) is 5.78 Å². The Morgan fingerprint density at radius 1 is 1.09 bits per heavy atom. The summed E-state index contributed by atoms with van der Waals surface area (Å²) in [5.74, 6) is 0.109. The van der Waals surface area contributed by atoms with Crippen LogP contribution in [0, 0.1) is 22.7 Å². The Hall–Kier alpha value is -1.99. The normalized spacial score (nSPS) is 8.89. The van der Waals surface area contributed by atoms with Crippen LogP contribution in [-0.4, -0.2) is 32.8 Å². The molecule has 0 unspecified atom stereocenters. The first-order valence-electron chi connectivity index (χ1n) is 9.90. The van der Waals surface area contributed by atoms with Crippen molar-refractivity contribution in [2.75, 3.05) is 11.9 Å². The first-order valence-corrected chi connectivity index (χ1v) is 13.9. The average Bonchev–Trinajstić information content (AvgIpc) is 3.30. The summed E-state index contributed by atoms with van der Waals surface area (Å²) in [5, 5.41) is 27.2. The molecule has 0 amide bonds. The molecule has 2 aromatic carbocycles. The van der Waals surface area contributed by atoms with Crippen LogP contribution in [-0.2, 0) is 6.42 Å². The number of thiazole rings is 1. The van der Waals surface area contributed by atoms with Gasteiger partial charge in [0.05, 0.1) is 41.0 Å². The lowest BCUT2D eigenvalue weighted by Gasteiger charge is -1.95. The molecular formula is C24H23Br3N4O2S2. The van der Waals surface area contributed by atoms with E-state index in [1.54, 1.807) is 25.1 Å². The van der Waals surface area contributed by atoms with E-state index in [9.17, 15) is 4.79 Å². The van der Waals surface area contributed by atoms with Crippen LogP contribution in [0.25, 0.3) is 11.3 Å². The van der Waals surface area contributed by atoms with E-state index in [1.165, 1.54) is 11.3 Å². The van der Waals surface area contributed by atoms with Gasteiger partial charge in [-0.15, -0.1) is 11.3 Å². The molecule has 11 heteroatoms. The van der Waals surface area contributed by atoms with E-state index in [-0.39, 0.29) is 23.8 Å². The second-order valence-electron chi connectivity index (χ2n) is 6.15. The van der Waals surface area contributed by atoms with Gasteiger partial charge in [0.25, 0.3) is 0 Å². The van der Waals surface area contributed by atoms with Crippen molar-refractivity contribution in [3.8, 4) is 23.4 Å². The minimum atomic E-state index is 0.109. The Bertz CT molecular complexity index is 1120. The summed E-state index contributed by atoms with van der Waals surface area (Å²) in [6.45, 7) is 1.93. The van der Waals surface area contributed by atoms with E-state index in [4.69, 9.17) is 21.4 Å². The van der Waals surface area contributed by atoms with Gasteiger partial charge < -0.3 is 10.8 Å². The topological polar surface area (TPSA) is 124 Å². The van der Waals surface area contributed by atoms with Crippen molar-refractivity contribution < 1.29 is 9.90 Å². The highest BCUT2D eigenvalue weighted by Gasteiger charge is 2.04. The third-order valence-electron chi connectivity index (χ3n) is 3.46. The molecule has 0 bridgehead atoms. The number of carbonyl (C=O) groups is 1. The van der Waals surface area contributed by atoms with Gasteiger partial charge in [-0.25, -0.2) is 4.98 Å². The maximum absolute atomic E-state index is 11.1. The molecular weight excluding hydrogens is 680 g/mol. The number of halogens is 3. The third kappa shape index (κ3) is 15.6. The van der Waals surface area contributed by atoms with Crippen LogP contribution in [0.3, 0.4) is 0 Å². The van der Waals surface area contributed by atoms with Crippen LogP contribution in [0.1, 0.15) is 28.7 Å². The van der Waals surface area contributed by atoms with Crippen molar-refractivity contribution in [3.05, 3.63) is 73.4 Å². The summed E-state index contributed by atoms with van der Waals surface area (Å²) >= 11 is 15.7. The number of Topliss-reactive ketones (excluding diaryl/α,β-unsaturated/α-hetero) is 1. The lowest BCUT2D eigenvalue weighted by molar-refractivity contribution is 0.102. The quantitative estimate of drug-likeness (QED) is 0.169. The fourth-order valence-electron chi connectivity index (χ4n) is 2.00. The molecule has 0 aliphatic rings. The van der Waals surface area contributed by atoms with E-state index in [0.717, 1.165) is 30.8 Å². The van der Waals surface area contributed by atoms with Gasteiger partial charge in [0.1, 0.15) is 5.01 Å². The highest BCUT2D eigenvalue weighted by molar-refractivity contribution is 9.10. The number of hydrogen-bond acceptors (Lipinski definition) is 7. The summed E-state index contributed by atoms with van der Waals surface area (Å²) in [5.41, 5.74) is 7.68. The number of thiocarbonyl (C=S) groups is 1. The number of aliphatic hydroxyl groups excluding tert-OH is 1. The first-order chi connectivity index (χ1) is 16.7. The molecule has 0 fully saturated rings. The van der Waals surface area contributed by atoms with Crippen LogP contribution in [0.15, 0.2) is 62.9 Å². The number of hydrogen-bond donors (Lipinski definition) is 2. The molecule has 0 spiro atoms. The van der Waals surface area contributed by atoms with Crippen LogP contribution in [0.4, 0.5) is 0 Å². The van der Waals surface area contributed by atoms with Gasteiger partial charge in [-0.05, 0) is 31.2 Å². The van der Waals surface area contributed by atoms with E-state index in [1.807, 2.05) is 41.8 Å². The van der Waals surface area contributed by atoms with E-state index >= 15 is 0 Å². The Labute approximate surface area is 240 Å². The molecule has 0 saturated carbocycles. The lowest BCUT2D eigenvalue weighted by atomic mass is 10.2. The number of rotatable bonds is 5. The lowest BCUT2D eigenvalue weighted by Crippen LogP contribution is -2.04. The molecule has 0 aliphatic carbocycles. The summed E-state index contributed by atoms with van der Waals surface area (Å²) in [6.07, 6.45) is 0.580. The summed E-state index contributed by atoms with van der Waals surface area (Å²) in [4.78, 5) is 15.7. The number of alkyl halides is 1. The predicted molar refractivity (Wildman–Crippen MR) is 157 cm³/mol. The second-order valence-corrected chi connectivity index (χ2v) is 10.0. The van der Waals surface area contributed by atoms with Gasteiger partial charge >= 0.3 is 0 Å². The Morgan fingerprint density at radius 2 is 1.60 bits per heavy atom.